The summed E-state index contributed by atoms with van der Waals surface area (Å²) < 4.78 is 0. The molecule has 3 aromatic rings. The molecule has 0 aliphatic carbocycles. The number of hydrogen-bond donors (Lipinski definition) is 2. The van der Waals surface area contributed by atoms with Crippen molar-refractivity contribution in [3.05, 3.63) is 64.8 Å². The molecule has 5 heteroatoms. The number of nitrogens with one attached hydrogen (secondary N) is 2. The van der Waals surface area contributed by atoms with Crippen LogP contribution in [0.4, 0.5) is 5.69 Å². The van der Waals surface area contributed by atoms with Crippen LogP contribution in [0.25, 0.3) is 10.9 Å². The lowest BCUT2D eigenvalue weighted by Crippen LogP contribution is -2.23. The number of carbonyl (C=O) groups excluding carboxylic acids is 1. The summed E-state index contributed by atoms with van der Waals surface area (Å²) >= 11 is 0. The molecule has 2 N–H and O–H groups in total. The van der Waals surface area contributed by atoms with Gasteiger partial charge in [0.2, 0.25) is 5.91 Å². The summed E-state index contributed by atoms with van der Waals surface area (Å²) in [5.41, 5.74) is 6.56. The van der Waals surface area contributed by atoms with E-state index in [9.17, 15) is 10.1 Å². The van der Waals surface area contributed by atoms with E-state index in [0.717, 1.165) is 54.8 Å². The van der Waals surface area contributed by atoms with E-state index in [-0.39, 0.29) is 5.91 Å². The molecule has 1 atom stereocenters. The zero-order valence-electron chi connectivity index (χ0n) is 16.4. The topological polar surface area (TPSA) is 71.9 Å². The summed E-state index contributed by atoms with van der Waals surface area (Å²) in [7, 11) is 0. The monoisotopic (exact) mass is 384 g/mol. The molecular formula is C24H24N4O. The van der Waals surface area contributed by atoms with Crippen LogP contribution in [-0.4, -0.2) is 35.4 Å². The first-order valence-corrected chi connectivity index (χ1v) is 10.3. The second kappa shape index (κ2) is 7.38. The van der Waals surface area contributed by atoms with Crippen LogP contribution < -0.4 is 5.32 Å². The molecule has 0 spiro atoms. The third-order valence-electron chi connectivity index (χ3n) is 6.29. The molecule has 1 fully saturated rings. The molecule has 5 nitrogen and oxygen atoms in total. The summed E-state index contributed by atoms with van der Waals surface area (Å²) in [6, 6.07) is 14.5. The fourth-order valence-corrected chi connectivity index (χ4v) is 4.74. The molecule has 5 rings (SSSR count). The molecule has 0 bridgehead atoms. The third kappa shape index (κ3) is 3.64. The Labute approximate surface area is 170 Å². The van der Waals surface area contributed by atoms with Crippen molar-refractivity contribution in [2.24, 2.45) is 5.92 Å². The Balaban J connectivity index is 1.19. The highest BCUT2D eigenvalue weighted by atomic mass is 16.1. The van der Waals surface area contributed by atoms with Crippen LogP contribution in [0.15, 0.2) is 42.6 Å². The van der Waals surface area contributed by atoms with Gasteiger partial charge in [-0.3, -0.25) is 4.79 Å². The number of H-pyrrole nitrogens is 1. The number of benzene rings is 2. The van der Waals surface area contributed by atoms with E-state index in [1.165, 1.54) is 22.9 Å². The van der Waals surface area contributed by atoms with Gasteiger partial charge in [-0.05, 0) is 72.7 Å². The fraction of sp³-hybridized carbons (Fsp3) is 0.333. The number of carbonyl (C=O) groups is 1. The van der Waals surface area contributed by atoms with Gasteiger partial charge in [-0.1, -0.05) is 12.1 Å². The first kappa shape index (κ1) is 18.0. The van der Waals surface area contributed by atoms with Crippen molar-refractivity contribution in [3.63, 3.8) is 0 Å². The van der Waals surface area contributed by atoms with Crippen molar-refractivity contribution < 1.29 is 4.79 Å². The van der Waals surface area contributed by atoms with Crippen LogP contribution >= 0.6 is 0 Å². The van der Waals surface area contributed by atoms with Crippen molar-refractivity contribution in [3.8, 4) is 6.07 Å². The van der Waals surface area contributed by atoms with E-state index in [1.54, 1.807) is 0 Å². The molecule has 0 saturated carbocycles. The van der Waals surface area contributed by atoms with Gasteiger partial charge in [-0.25, -0.2) is 0 Å². The highest BCUT2D eigenvalue weighted by molar-refractivity contribution is 5.99. The maximum absolute atomic E-state index is 11.5. The van der Waals surface area contributed by atoms with E-state index < -0.39 is 0 Å². The minimum atomic E-state index is 0.0960. The summed E-state index contributed by atoms with van der Waals surface area (Å²) in [5.74, 6) is 0.750. The Bertz CT molecular complexity index is 1120. The third-order valence-corrected chi connectivity index (χ3v) is 6.29. The largest absolute Gasteiger partial charge is 0.361 e. The summed E-state index contributed by atoms with van der Waals surface area (Å²) in [5, 5.41) is 13.3. The smallest absolute Gasteiger partial charge is 0.228 e. The minimum Gasteiger partial charge on any atom is -0.361 e. The van der Waals surface area contributed by atoms with Gasteiger partial charge < -0.3 is 15.2 Å². The average molecular weight is 384 g/mol. The van der Waals surface area contributed by atoms with E-state index in [0.29, 0.717) is 12.3 Å². The Morgan fingerprint density at radius 1 is 1.21 bits per heavy atom. The average Bonchev–Trinajstić information content (AvgIpc) is 3.44. The number of likely N-dealkylation sites (tertiary alicyclic amines) is 1. The van der Waals surface area contributed by atoms with Gasteiger partial charge in [-0.15, -0.1) is 0 Å². The van der Waals surface area contributed by atoms with Crippen molar-refractivity contribution in [1.82, 2.24) is 9.88 Å². The number of amides is 1. The molecule has 2 aliphatic heterocycles. The van der Waals surface area contributed by atoms with Gasteiger partial charge in [0, 0.05) is 35.9 Å². The molecule has 1 aromatic heterocycles. The molecular weight excluding hydrogens is 360 g/mol. The van der Waals surface area contributed by atoms with Crippen LogP contribution in [0.1, 0.15) is 28.7 Å². The molecule has 1 amide bonds. The van der Waals surface area contributed by atoms with Gasteiger partial charge in [-0.2, -0.15) is 5.26 Å². The van der Waals surface area contributed by atoms with E-state index >= 15 is 0 Å². The number of nitrogens with zero attached hydrogens (tertiary/aromatic N) is 2. The normalized spacial score (nSPS) is 18.7. The zero-order valence-corrected chi connectivity index (χ0v) is 16.4. The second-order valence-corrected chi connectivity index (χ2v) is 8.31. The van der Waals surface area contributed by atoms with E-state index in [1.807, 2.05) is 24.3 Å². The van der Waals surface area contributed by atoms with Crippen molar-refractivity contribution in [2.45, 2.75) is 25.7 Å². The molecule has 29 heavy (non-hydrogen) atoms. The molecule has 146 valence electrons. The number of hydrogen-bond acceptors (Lipinski definition) is 3. The van der Waals surface area contributed by atoms with Gasteiger partial charge in [0.1, 0.15) is 0 Å². The SMILES string of the molecule is N#Cc1ccc2[nH]cc(CC3CCN(CCc4ccc5c(c4)CC(=O)N5)C3)c2c1. The van der Waals surface area contributed by atoms with E-state index in [2.05, 4.69) is 39.6 Å². The summed E-state index contributed by atoms with van der Waals surface area (Å²) in [6.07, 6.45) is 5.90. The standard InChI is InChI=1S/C24H24N4O/c25-13-17-2-4-23-21(11-17)20(14-26-23)10-18-6-8-28(15-18)7-5-16-1-3-22-19(9-16)12-24(29)27-22/h1-4,9,11,14,18,26H,5-8,10,12,15H2,(H,27,29). The highest BCUT2D eigenvalue weighted by Crippen LogP contribution is 2.27. The van der Waals surface area contributed by atoms with Crippen molar-refractivity contribution >= 4 is 22.5 Å². The lowest BCUT2D eigenvalue weighted by atomic mass is 9.98. The van der Waals surface area contributed by atoms with Crippen LogP contribution in [0.3, 0.4) is 0 Å². The number of rotatable bonds is 5. The molecule has 1 saturated heterocycles. The number of anilines is 1. The Hall–Kier alpha value is -3.10. The van der Waals surface area contributed by atoms with Crippen LogP contribution in [-0.2, 0) is 24.1 Å². The first-order valence-electron chi connectivity index (χ1n) is 10.3. The predicted molar refractivity (Wildman–Crippen MR) is 114 cm³/mol. The Morgan fingerprint density at radius 2 is 2.14 bits per heavy atom. The Kier molecular flexibility index (Phi) is 4.57. The molecule has 1 unspecified atom stereocenters. The van der Waals surface area contributed by atoms with Gasteiger partial charge in [0.15, 0.2) is 0 Å². The maximum atomic E-state index is 11.5. The van der Waals surface area contributed by atoms with Gasteiger partial charge in [0.05, 0.1) is 18.1 Å². The number of aromatic amines is 1. The molecule has 3 heterocycles. The fourth-order valence-electron chi connectivity index (χ4n) is 4.74. The molecule has 2 aromatic carbocycles. The minimum absolute atomic E-state index is 0.0960. The quantitative estimate of drug-likeness (QED) is 0.705. The highest BCUT2D eigenvalue weighted by Gasteiger charge is 2.24. The van der Waals surface area contributed by atoms with E-state index in [4.69, 9.17) is 0 Å². The molecule has 0 radical (unpaired) electrons. The summed E-state index contributed by atoms with van der Waals surface area (Å²) in [4.78, 5) is 17.4. The number of fused-ring (bicyclic) bond motifs is 2. The second-order valence-electron chi connectivity index (χ2n) is 8.31. The summed E-state index contributed by atoms with van der Waals surface area (Å²) in [6.45, 7) is 3.32. The lowest BCUT2D eigenvalue weighted by molar-refractivity contribution is -0.115. The van der Waals surface area contributed by atoms with Crippen LogP contribution in [0.5, 0.6) is 0 Å². The lowest BCUT2D eigenvalue weighted by Gasteiger charge is -2.16. The van der Waals surface area contributed by atoms with Gasteiger partial charge in [0.25, 0.3) is 0 Å². The van der Waals surface area contributed by atoms with Crippen LogP contribution in [0, 0.1) is 17.2 Å². The zero-order chi connectivity index (χ0) is 19.8. The van der Waals surface area contributed by atoms with Crippen molar-refractivity contribution in [2.75, 3.05) is 25.0 Å². The Morgan fingerprint density at radius 3 is 3.03 bits per heavy atom. The maximum Gasteiger partial charge on any atom is 0.228 e. The van der Waals surface area contributed by atoms with Gasteiger partial charge >= 0.3 is 0 Å². The molecule has 2 aliphatic rings. The first-order chi connectivity index (χ1) is 14.2. The predicted octanol–water partition coefficient (Wildman–Crippen LogP) is 3.64. The number of nitriles is 1. The van der Waals surface area contributed by atoms with Crippen molar-refractivity contribution in [1.29, 1.82) is 5.26 Å². The number of aromatic nitrogens is 1. The van der Waals surface area contributed by atoms with Crippen LogP contribution in [0.2, 0.25) is 0 Å².